The Morgan fingerprint density at radius 3 is 2.52 bits per heavy atom. The first kappa shape index (κ1) is 19.1. The van der Waals surface area contributed by atoms with E-state index in [2.05, 4.69) is 15.1 Å². The van der Waals surface area contributed by atoms with E-state index in [4.69, 9.17) is 0 Å². The average Bonchev–Trinajstić information content (AvgIpc) is 3.03. The molecule has 1 aromatic heterocycles. The molecule has 7 nitrogen and oxygen atoms in total. The molecule has 25 heavy (non-hydrogen) atoms. The highest BCUT2D eigenvalue weighted by atomic mass is 32.2. The van der Waals surface area contributed by atoms with E-state index in [0.29, 0.717) is 18.7 Å². The predicted octanol–water partition coefficient (Wildman–Crippen LogP) is 1.67. The zero-order valence-corrected chi connectivity index (χ0v) is 15.5. The highest BCUT2D eigenvalue weighted by Crippen LogP contribution is 2.11. The van der Waals surface area contributed by atoms with Gasteiger partial charge in [-0.05, 0) is 30.2 Å². The highest BCUT2D eigenvalue weighted by molar-refractivity contribution is 7.89. The molecule has 136 valence electrons. The van der Waals surface area contributed by atoms with Crippen molar-refractivity contribution in [1.29, 1.82) is 0 Å². The normalized spacial score (nSPS) is 12.8. The van der Waals surface area contributed by atoms with Crippen molar-refractivity contribution in [3.8, 4) is 0 Å². The number of rotatable bonds is 8. The van der Waals surface area contributed by atoms with E-state index in [1.165, 1.54) is 24.3 Å². The Morgan fingerprint density at radius 1 is 1.28 bits per heavy atom. The highest BCUT2D eigenvalue weighted by Gasteiger charge is 2.15. The van der Waals surface area contributed by atoms with Gasteiger partial charge in [0.25, 0.3) is 5.91 Å². The van der Waals surface area contributed by atoms with Gasteiger partial charge in [-0.25, -0.2) is 13.1 Å². The van der Waals surface area contributed by atoms with E-state index in [9.17, 15) is 13.2 Å². The summed E-state index contributed by atoms with van der Waals surface area (Å²) in [6.07, 6.45) is 4.40. The van der Waals surface area contributed by atoms with Crippen LogP contribution in [0.1, 0.15) is 36.2 Å². The van der Waals surface area contributed by atoms with Crippen LogP contribution in [0.5, 0.6) is 0 Å². The summed E-state index contributed by atoms with van der Waals surface area (Å²) in [4.78, 5) is 12.3. The van der Waals surface area contributed by atoms with Crippen molar-refractivity contribution in [2.24, 2.45) is 13.0 Å². The van der Waals surface area contributed by atoms with Crippen LogP contribution in [0.2, 0.25) is 0 Å². The summed E-state index contributed by atoms with van der Waals surface area (Å²) in [5.74, 6) is 0.00710. The number of sulfonamides is 1. The molecule has 0 aliphatic carbocycles. The Hall–Kier alpha value is -2.19. The average molecular weight is 364 g/mol. The maximum absolute atomic E-state index is 12.2. The van der Waals surface area contributed by atoms with Gasteiger partial charge in [0, 0.05) is 37.5 Å². The lowest BCUT2D eigenvalue weighted by molar-refractivity contribution is 0.0951. The van der Waals surface area contributed by atoms with Crippen LogP contribution in [-0.2, 0) is 23.6 Å². The predicted molar refractivity (Wildman–Crippen MR) is 95.5 cm³/mol. The number of aromatic nitrogens is 2. The smallest absolute Gasteiger partial charge is 0.251 e. The lowest BCUT2D eigenvalue weighted by Gasteiger charge is -2.11. The number of hydrogen-bond acceptors (Lipinski definition) is 4. The molecule has 1 unspecified atom stereocenters. The molecule has 1 aromatic carbocycles. The largest absolute Gasteiger partial charge is 0.348 e. The molecule has 1 amide bonds. The van der Waals surface area contributed by atoms with Crippen molar-refractivity contribution < 1.29 is 13.2 Å². The first-order valence-electron chi connectivity index (χ1n) is 8.17. The van der Waals surface area contributed by atoms with Gasteiger partial charge in [0.05, 0.1) is 11.1 Å². The Bertz CT molecular complexity index is 813. The van der Waals surface area contributed by atoms with Crippen molar-refractivity contribution >= 4 is 15.9 Å². The van der Waals surface area contributed by atoms with E-state index >= 15 is 0 Å². The standard InChI is InChI=1S/C17H24N4O3S/c1-4-13(2)9-20-25(23,24)16-7-5-15(6-8-16)17(22)18-10-14-11-19-21(3)12-14/h5-8,11-13,20H,4,9-10H2,1-3H3,(H,18,22). The first-order valence-corrected chi connectivity index (χ1v) is 9.65. The molecule has 0 aliphatic rings. The molecule has 1 heterocycles. The number of hydrogen-bond donors (Lipinski definition) is 2. The Morgan fingerprint density at radius 2 is 1.96 bits per heavy atom. The van der Waals surface area contributed by atoms with Crippen molar-refractivity contribution in [2.45, 2.75) is 31.7 Å². The lowest BCUT2D eigenvalue weighted by atomic mass is 10.1. The molecule has 2 N–H and O–H groups in total. The Labute approximate surface area is 148 Å². The van der Waals surface area contributed by atoms with Crippen LogP contribution in [0.15, 0.2) is 41.6 Å². The second-order valence-corrected chi connectivity index (χ2v) is 7.86. The molecule has 0 bridgehead atoms. The van der Waals surface area contributed by atoms with Crippen LogP contribution in [0.4, 0.5) is 0 Å². The van der Waals surface area contributed by atoms with E-state index in [1.54, 1.807) is 17.9 Å². The topological polar surface area (TPSA) is 93.1 Å². The van der Waals surface area contributed by atoms with E-state index in [0.717, 1.165) is 12.0 Å². The molecule has 2 rings (SSSR count). The summed E-state index contributed by atoms with van der Waals surface area (Å²) >= 11 is 0. The molecule has 0 aliphatic heterocycles. The van der Waals surface area contributed by atoms with Crippen LogP contribution in [0, 0.1) is 5.92 Å². The maximum Gasteiger partial charge on any atom is 0.251 e. The van der Waals surface area contributed by atoms with Crippen molar-refractivity contribution in [2.75, 3.05) is 6.54 Å². The van der Waals surface area contributed by atoms with Gasteiger partial charge in [0.15, 0.2) is 0 Å². The van der Waals surface area contributed by atoms with Crippen LogP contribution in [-0.4, -0.2) is 30.7 Å². The summed E-state index contributed by atoms with van der Waals surface area (Å²) in [5, 5.41) is 6.81. The fourth-order valence-electron chi connectivity index (χ4n) is 2.11. The van der Waals surface area contributed by atoms with Gasteiger partial charge >= 0.3 is 0 Å². The summed E-state index contributed by atoms with van der Waals surface area (Å²) in [6.45, 7) is 4.76. The zero-order valence-electron chi connectivity index (χ0n) is 14.7. The first-order chi connectivity index (χ1) is 11.8. The summed E-state index contributed by atoms with van der Waals surface area (Å²) in [5.41, 5.74) is 1.30. The van der Waals surface area contributed by atoms with E-state index in [1.807, 2.05) is 20.0 Å². The minimum Gasteiger partial charge on any atom is -0.348 e. The Kier molecular flexibility index (Phi) is 6.33. The number of benzene rings is 1. The number of amides is 1. The van der Waals surface area contributed by atoms with Crippen molar-refractivity contribution in [1.82, 2.24) is 19.8 Å². The van der Waals surface area contributed by atoms with Gasteiger partial charge in [-0.15, -0.1) is 0 Å². The van der Waals surface area contributed by atoms with Crippen LogP contribution in [0.3, 0.4) is 0 Å². The van der Waals surface area contributed by atoms with Gasteiger partial charge in [-0.2, -0.15) is 5.10 Å². The van der Waals surface area contributed by atoms with Gasteiger partial charge in [0.1, 0.15) is 0 Å². The summed E-state index contributed by atoms with van der Waals surface area (Å²) < 4.78 is 28.7. The molecule has 8 heteroatoms. The molecule has 2 aromatic rings. The molecular weight excluding hydrogens is 340 g/mol. The second-order valence-electron chi connectivity index (χ2n) is 6.09. The zero-order chi connectivity index (χ0) is 18.4. The Balaban J connectivity index is 1.97. The number of nitrogens with one attached hydrogen (secondary N) is 2. The number of carbonyl (C=O) groups is 1. The summed E-state index contributed by atoms with van der Waals surface area (Å²) in [6, 6.07) is 5.91. The molecular formula is C17H24N4O3S. The summed E-state index contributed by atoms with van der Waals surface area (Å²) in [7, 11) is -1.75. The van der Waals surface area contributed by atoms with Crippen molar-refractivity contribution in [3.63, 3.8) is 0 Å². The van der Waals surface area contributed by atoms with Crippen LogP contribution < -0.4 is 10.0 Å². The number of aryl methyl sites for hydroxylation is 1. The molecule has 1 atom stereocenters. The minimum absolute atomic E-state index is 0.152. The third kappa shape index (κ3) is 5.40. The monoisotopic (exact) mass is 364 g/mol. The van der Waals surface area contributed by atoms with Gasteiger partial charge in [0.2, 0.25) is 10.0 Å². The van der Waals surface area contributed by atoms with Gasteiger partial charge in [-0.3, -0.25) is 9.48 Å². The van der Waals surface area contributed by atoms with E-state index in [-0.39, 0.29) is 16.7 Å². The molecule has 0 spiro atoms. The van der Waals surface area contributed by atoms with Crippen LogP contribution >= 0.6 is 0 Å². The fourth-order valence-corrected chi connectivity index (χ4v) is 3.28. The van der Waals surface area contributed by atoms with Gasteiger partial charge in [-0.1, -0.05) is 20.3 Å². The molecule has 0 fully saturated rings. The number of nitrogens with zero attached hydrogens (tertiary/aromatic N) is 2. The van der Waals surface area contributed by atoms with Crippen molar-refractivity contribution in [3.05, 3.63) is 47.8 Å². The van der Waals surface area contributed by atoms with Gasteiger partial charge < -0.3 is 5.32 Å². The SMILES string of the molecule is CCC(C)CNS(=O)(=O)c1ccc(C(=O)NCc2cnn(C)c2)cc1. The second kappa shape index (κ2) is 8.26. The lowest BCUT2D eigenvalue weighted by Crippen LogP contribution is -2.28. The molecule has 0 saturated heterocycles. The van der Waals surface area contributed by atoms with Crippen LogP contribution in [0.25, 0.3) is 0 Å². The number of carbonyl (C=O) groups excluding carboxylic acids is 1. The quantitative estimate of drug-likeness (QED) is 0.745. The third-order valence-electron chi connectivity index (χ3n) is 3.96. The minimum atomic E-state index is -3.55. The molecule has 0 radical (unpaired) electrons. The maximum atomic E-state index is 12.2. The molecule has 0 saturated carbocycles. The third-order valence-corrected chi connectivity index (χ3v) is 5.40. The fraction of sp³-hybridized carbons (Fsp3) is 0.412. The van der Waals surface area contributed by atoms with E-state index < -0.39 is 10.0 Å².